The van der Waals surface area contributed by atoms with Gasteiger partial charge in [-0.1, -0.05) is 23.2 Å². The quantitative estimate of drug-likeness (QED) is 0.257. The summed E-state index contributed by atoms with van der Waals surface area (Å²) in [5.74, 6) is -0.164. The zero-order chi connectivity index (χ0) is 28.4. The smallest absolute Gasteiger partial charge is 0.239 e. The van der Waals surface area contributed by atoms with Crippen LogP contribution >= 0.6 is 23.2 Å². The summed E-state index contributed by atoms with van der Waals surface area (Å²) in [6, 6.07) is 3.91. The van der Waals surface area contributed by atoms with Crippen molar-refractivity contribution in [3.8, 4) is 16.9 Å². The highest BCUT2D eigenvalue weighted by atomic mass is 35.5. The number of aromatic amines is 1. The predicted octanol–water partition coefficient (Wildman–Crippen LogP) is 4.57. The van der Waals surface area contributed by atoms with E-state index < -0.39 is 18.0 Å². The highest BCUT2D eigenvalue weighted by Crippen LogP contribution is 2.37. The Kier molecular flexibility index (Phi) is 8.24. The normalized spacial score (nSPS) is 15.7. The number of halogens is 3. The number of likely N-dealkylation sites (tertiary alicyclic amines) is 1. The van der Waals surface area contributed by atoms with E-state index in [9.17, 15) is 9.18 Å². The Labute approximate surface area is 240 Å². The second kappa shape index (κ2) is 11.8. The molecule has 0 radical (unpaired) electrons. The Morgan fingerprint density at radius 2 is 2.00 bits per heavy atom. The molecular formula is C27H29Cl2FN8O2. The largest absolute Gasteiger partial charge is 0.482 e. The number of nitrogens with two attached hydrogens (primary N) is 2. The van der Waals surface area contributed by atoms with Gasteiger partial charge in [-0.25, -0.2) is 14.4 Å². The SMILES string of the molecule is C[C@@H](Oc1cc(-c2cnn(C3CCN(C(=O)[C@H](N)Cc4cnc[nH]4)CC3)c2)cnc1N)c1c(Cl)ccc(F)c1Cl. The number of H-pyrrole nitrogens is 1. The van der Waals surface area contributed by atoms with Crippen molar-refractivity contribution >= 4 is 34.9 Å². The molecule has 5 rings (SSSR count). The molecule has 1 aromatic carbocycles. The van der Waals surface area contributed by atoms with Crippen LogP contribution in [0.1, 0.15) is 43.2 Å². The molecule has 0 saturated carbocycles. The predicted molar refractivity (Wildman–Crippen MR) is 150 cm³/mol. The van der Waals surface area contributed by atoms with Crippen LogP contribution in [-0.2, 0) is 11.2 Å². The Hall–Kier alpha value is -3.67. The third-order valence-corrected chi connectivity index (χ3v) is 7.78. The van der Waals surface area contributed by atoms with Gasteiger partial charge >= 0.3 is 0 Å². The molecule has 0 spiro atoms. The highest BCUT2D eigenvalue weighted by molar-refractivity contribution is 6.36. The van der Waals surface area contributed by atoms with Gasteiger partial charge in [0.05, 0.1) is 29.6 Å². The number of imidazole rings is 1. The first-order chi connectivity index (χ1) is 19.2. The van der Waals surface area contributed by atoms with Gasteiger partial charge < -0.3 is 26.1 Å². The number of rotatable bonds is 8. The average molecular weight is 587 g/mol. The fraction of sp³-hybridized carbons (Fsp3) is 0.333. The highest BCUT2D eigenvalue weighted by Gasteiger charge is 2.28. The number of benzene rings is 1. The van der Waals surface area contributed by atoms with Crippen LogP contribution in [0.15, 0.2) is 49.3 Å². The summed E-state index contributed by atoms with van der Waals surface area (Å²) in [6.07, 6.45) is 9.82. The molecule has 3 aromatic heterocycles. The average Bonchev–Trinajstić information content (AvgIpc) is 3.65. The summed E-state index contributed by atoms with van der Waals surface area (Å²) in [6.45, 7) is 2.90. The van der Waals surface area contributed by atoms with Crippen LogP contribution in [0.5, 0.6) is 5.75 Å². The Morgan fingerprint density at radius 1 is 1.23 bits per heavy atom. The molecule has 0 aliphatic carbocycles. The van der Waals surface area contributed by atoms with Crippen LogP contribution in [0, 0.1) is 5.82 Å². The zero-order valence-electron chi connectivity index (χ0n) is 21.7. The summed E-state index contributed by atoms with van der Waals surface area (Å²) >= 11 is 12.4. The van der Waals surface area contributed by atoms with Crippen LogP contribution in [0.25, 0.3) is 11.1 Å². The standard InChI is InChI=1S/C27H29Cl2FN8O2/c1-15(24-20(28)2-3-21(30)25(24)29)40-23-8-16(10-34-26(23)32)17-11-36-38(13-17)19-4-6-37(7-5-19)27(39)22(31)9-18-12-33-14-35-18/h2-3,8,10-15,19,22H,4-7,9,31H2,1H3,(H2,32,34)(H,33,35)/t15-,22-/m1/s1. The molecule has 210 valence electrons. The minimum Gasteiger partial charge on any atom is -0.482 e. The summed E-state index contributed by atoms with van der Waals surface area (Å²) in [5.41, 5.74) is 15.0. The first-order valence-corrected chi connectivity index (χ1v) is 13.6. The molecule has 2 atom stereocenters. The molecule has 1 amide bonds. The van der Waals surface area contributed by atoms with Crippen LogP contribution in [0.2, 0.25) is 10.0 Å². The van der Waals surface area contributed by atoms with E-state index in [1.165, 1.54) is 12.1 Å². The first-order valence-electron chi connectivity index (χ1n) is 12.8. The fourth-order valence-corrected chi connectivity index (χ4v) is 5.54. The number of ether oxygens (including phenoxy) is 1. The van der Waals surface area contributed by atoms with Crippen molar-refractivity contribution in [2.24, 2.45) is 5.73 Å². The summed E-state index contributed by atoms with van der Waals surface area (Å²) < 4.78 is 21.9. The van der Waals surface area contributed by atoms with Gasteiger partial charge in [0.25, 0.3) is 0 Å². The van der Waals surface area contributed by atoms with E-state index in [4.69, 9.17) is 39.4 Å². The molecule has 1 fully saturated rings. The molecule has 1 saturated heterocycles. The van der Waals surface area contributed by atoms with Crippen molar-refractivity contribution in [1.29, 1.82) is 0 Å². The third kappa shape index (κ3) is 5.91. The molecule has 4 heterocycles. The van der Waals surface area contributed by atoms with E-state index >= 15 is 0 Å². The number of hydrogen-bond acceptors (Lipinski definition) is 7. The Balaban J connectivity index is 1.23. The lowest BCUT2D eigenvalue weighted by Crippen LogP contribution is -2.48. The first kappa shape index (κ1) is 27.9. The number of carbonyl (C=O) groups is 1. The minimum absolute atomic E-state index is 0.0651. The Morgan fingerprint density at radius 3 is 2.73 bits per heavy atom. The molecule has 1 aliphatic rings. The summed E-state index contributed by atoms with van der Waals surface area (Å²) in [4.78, 5) is 25.9. The van der Waals surface area contributed by atoms with Crippen LogP contribution in [0.3, 0.4) is 0 Å². The van der Waals surface area contributed by atoms with Crippen molar-refractivity contribution in [3.05, 3.63) is 76.4 Å². The lowest BCUT2D eigenvalue weighted by Gasteiger charge is -2.33. The van der Waals surface area contributed by atoms with Gasteiger partial charge in [-0.05, 0) is 38.0 Å². The van der Waals surface area contributed by atoms with E-state index in [2.05, 4.69) is 20.1 Å². The molecule has 40 heavy (non-hydrogen) atoms. The van der Waals surface area contributed by atoms with Gasteiger partial charge in [0, 0.05) is 65.5 Å². The number of pyridine rings is 1. The van der Waals surface area contributed by atoms with Crippen molar-refractivity contribution in [3.63, 3.8) is 0 Å². The number of piperidine rings is 1. The molecule has 0 unspecified atom stereocenters. The number of nitrogens with one attached hydrogen (secondary N) is 1. The maximum atomic E-state index is 14.0. The van der Waals surface area contributed by atoms with Crippen LogP contribution < -0.4 is 16.2 Å². The van der Waals surface area contributed by atoms with E-state index in [0.29, 0.717) is 30.8 Å². The van der Waals surface area contributed by atoms with Crippen molar-refractivity contribution in [2.75, 3.05) is 18.8 Å². The van der Waals surface area contributed by atoms with Gasteiger partial charge in [-0.15, -0.1) is 0 Å². The van der Waals surface area contributed by atoms with E-state index in [-0.39, 0.29) is 27.8 Å². The molecule has 13 heteroatoms. The molecule has 5 N–H and O–H groups in total. The van der Waals surface area contributed by atoms with E-state index in [1.807, 2.05) is 15.8 Å². The lowest BCUT2D eigenvalue weighted by atomic mass is 10.0. The molecular weight excluding hydrogens is 558 g/mol. The summed E-state index contributed by atoms with van der Waals surface area (Å²) in [5, 5.41) is 4.75. The van der Waals surface area contributed by atoms with Gasteiger partial charge in [0.1, 0.15) is 11.9 Å². The maximum Gasteiger partial charge on any atom is 0.239 e. The summed E-state index contributed by atoms with van der Waals surface area (Å²) in [7, 11) is 0. The number of nitrogen functional groups attached to an aromatic ring is 1. The monoisotopic (exact) mass is 586 g/mol. The van der Waals surface area contributed by atoms with Crippen LogP contribution in [-0.4, -0.2) is 54.7 Å². The molecule has 0 bridgehead atoms. The zero-order valence-corrected chi connectivity index (χ0v) is 23.2. The van der Waals surface area contributed by atoms with Crippen molar-refractivity contribution in [2.45, 2.75) is 44.4 Å². The van der Waals surface area contributed by atoms with E-state index in [0.717, 1.165) is 29.7 Å². The number of amides is 1. The third-order valence-electron chi connectivity index (χ3n) is 7.07. The number of aromatic nitrogens is 5. The van der Waals surface area contributed by atoms with Crippen molar-refractivity contribution in [1.82, 2.24) is 29.6 Å². The van der Waals surface area contributed by atoms with Crippen LogP contribution in [0.4, 0.5) is 10.2 Å². The molecule has 1 aliphatic heterocycles. The van der Waals surface area contributed by atoms with E-state index in [1.54, 1.807) is 37.9 Å². The fourth-order valence-electron chi connectivity index (χ4n) is 4.86. The Bertz CT molecular complexity index is 1490. The second-order valence-corrected chi connectivity index (χ2v) is 10.6. The van der Waals surface area contributed by atoms with Gasteiger partial charge in [0.15, 0.2) is 11.6 Å². The minimum atomic E-state index is -0.682. The number of nitrogens with zero attached hydrogens (tertiary/aromatic N) is 5. The van der Waals surface area contributed by atoms with Gasteiger partial charge in [-0.3, -0.25) is 9.48 Å². The molecule has 4 aromatic rings. The number of anilines is 1. The van der Waals surface area contributed by atoms with Gasteiger partial charge in [-0.2, -0.15) is 5.10 Å². The topological polar surface area (TPSA) is 141 Å². The van der Waals surface area contributed by atoms with Gasteiger partial charge in [0.2, 0.25) is 5.91 Å². The number of hydrogen-bond donors (Lipinski definition) is 3. The molecule has 10 nitrogen and oxygen atoms in total. The second-order valence-electron chi connectivity index (χ2n) is 9.78. The maximum absolute atomic E-state index is 14.0. The number of carbonyl (C=O) groups excluding carboxylic acids is 1. The lowest BCUT2D eigenvalue weighted by molar-refractivity contribution is -0.133. The van der Waals surface area contributed by atoms with Crippen molar-refractivity contribution < 1.29 is 13.9 Å².